The molecule has 24 heavy (non-hydrogen) atoms. The van der Waals surface area contributed by atoms with Crippen LogP contribution in [0.15, 0.2) is 54.6 Å². The summed E-state index contributed by atoms with van der Waals surface area (Å²) in [5.41, 5.74) is 1.17. The highest BCUT2D eigenvalue weighted by Gasteiger charge is 2.11. The van der Waals surface area contributed by atoms with E-state index in [0.717, 1.165) is 0 Å². The number of hydrogen-bond acceptors (Lipinski definition) is 5. The van der Waals surface area contributed by atoms with Crippen molar-refractivity contribution in [1.82, 2.24) is 5.32 Å². The number of rotatable bonds is 5. The van der Waals surface area contributed by atoms with Gasteiger partial charge >= 0.3 is 12.0 Å². The summed E-state index contributed by atoms with van der Waals surface area (Å²) in [7, 11) is 0. The summed E-state index contributed by atoms with van der Waals surface area (Å²) in [5, 5.41) is 13.7. The Balaban J connectivity index is 1.71. The minimum atomic E-state index is -0.734. The first kappa shape index (κ1) is 17.0. The number of nitrogens with one attached hydrogen (secondary N) is 2. The van der Waals surface area contributed by atoms with Gasteiger partial charge in [0.25, 0.3) is 5.91 Å². The molecule has 0 spiro atoms. The van der Waals surface area contributed by atoms with Crippen LogP contribution in [0.25, 0.3) is 0 Å². The Hall–Kier alpha value is -3.35. The second kappa shape index (κ2) is 8.33. The molecule has 0 aliphatic heterocycles. The minimum absolute atomic E-state index is 0.0379. The summed E-state index contributed by atoms with van der Waals surface area (Å²) < 4.78 is 4.80. The number of aromatic hydroxyl groups is 1. The van der Waals surface area contributed by atoms with Crippen LogP contribution in [0.3, 0.4) is 0 Å². The molecule has 124 valence electrons. The molecule has 2 aromatic rings. The van der Waals surface area contributed by atoms with Crippen molar-refractivity contribution in [3.05, 3.63) is 60.2 Å². The number of hydrogen-bond donors (Lipinski definition) is 3. The lowest BCUT2D eigenvalue weighted by molar-refractivity contribution is -0.147. The fourth-order valence-electron chi connectivity index (χ4n) is 1.82. The summed E-state index contributed by atoms with van der Waals surface area (Å²) in [6.07, 6.45) is -0.0379. The van der Waals surface area contributed by atoms with Crippen molar-refractivity contribution < 1.29 is 24.2 Å². The smallest absolute Gasteiger partial charge is 0.325 e. The highest BCUT2D eigenvalue weighted by Crippen LogP contribution is 2.10. The van der Waals surface area contributed by atoms with Crippen LogP contribution in [0.4, 0.5) is 10.5 Å². The predicted molar refractivity (Wildman–Crippen MR) is 86.4 cm³/mol. The van der Waals surface area contributed by atoms with Gasteiger partial charge in [-0.25, -0.2) is 4.79 Å². The molecule has 2 rings (SSSR count). The molecule has 0 fully saturated rings. The fraction of sp³-hybridized carbons (Fsp3) is 0.118. The van der Waals surface area contributed by atoms with E-state index in [9.17, 15) is 14.4 Å². The summed E-state index contributed by atoms with van der Waals surface area (Å²) in [6, 6.07) is 13.9. The fourth-order valence-corrected chi connectivity index (χ4v) is 1.82. The number of anilines is 1. The topological polar surface area (TPSA) is 105 Å². The van der Waals surface area contributed by atoms with Crippen molar-refractivity contribution in [2.75, 3.05) is 11.9 Å². The Kier molecular flexibility index (Phi) is 5.90. The maximum Gasteiger partial charge on any atom is 0.325 e. The first-order chi connectivity index (χ1) is 11.5. The first-order valence-electron chi connectivity index (χ1n) is 7.12. The van der Waals surface area contributed by atoms with Gasteiger partial charge in [-0.15, -0.1) is 0 Å². The van der Waals surface area contributed by atoms with Crippen LogP contribution in [-0.4, -0.2) is 29.6 Å². The third-order valence-electron chi connectivity index (χ3n) is 2.93. The van der Waals surface area contributed by atoms with Gasteiger partial charge in [-0.3, -0.25) is 14.9 Å². The van der Waals surface area contributed by atoms with E-state index in [1.807, 2.05) is 0 Å². The minimum Gasteiger partial charge on any atom is -0.508 e. The standard InChI is InChI=1S/C17H16N2O5/c20-14-8-6-12(7-9-14)10-16(22)24-11-15(21)19-17(23)18-13-4-2-1-3-5-13/h1-9,20H,10-11H2,(H2,18,19,21,23). The van der Waals surface area contributed by atoms with Gasteiger partial charge in [-0.2, -0.15) is 0 Å². The molecule has 0 aliphatic carbocycles. The van der Waals surface area contributed by atoms with Crippen LogP contribution in [0.1, 0.15) is 5.56 Å². The number of carbonyl (C=O) groups is 3. The zero-order chi connectivity index (χ0) is 17.4. The van der Waals surface area contributed by atoms with Crippen molar-refractivity contribution in [2.24, 2.45) is 0 Å². The SMILES string of the molecule is O=C(COC(=O)Cc1ccc(O)cc1)NC(=O)Nc1ccccc1. The Morgan fingerprint density at radius 1 is 0.958 bits per heavy atom. The number of phenols is 1. The van der Waals surface area contributed by atoms with Crippen molar-refractivity contribution in [3.8, 4) is 5.75 Å². The van der Waals surface area contributed by atoms with Gasteiger partial charge < -0.3 is 15.2 Å². The first-order valence-corrected chi connectivity index (χ1v) is 7.12. The van der Waals surface area contributed by atoms with E-state index in [2.05, 4.69) is 10.6 Å². The average molecular weight is 328 g/mol. The number of ether oxygens (including phenoxy) is 1. The third-order valence-corrected chi connectivity index (χ3v) is 2.93. The number of para-hydroxylation sites is 1. The lowest BCUT2D eigenvalue weighted by Crippen LogP contribution is -2.37. The second-order valence-electron chi connectivity index (χ2n) is 4.87. The number of imide groups is 1. The molecule has 2 aromatic carbocycles. The summed E-state index contributed by atoms with van der Waals surface area (Å²) in [4.78, 5) is 34.8. The zero-order valence-electron chi connectivity index (χ0n) is 12.7. The summed E-state index contributed by atoms with van der Waals surface area (Å²) in [6.45, 7) is -0.556. The molecule has 0 saturated carbocycles. The quantitative estimate of drug-likeness (QED) is 0.726. The van der Waals surface area contributed by atoms with Crippen LogP contribution < -0.4 is 10.6 Å². The van der Waals surface area contributed by atoms with Crippen LogP contribution in [0.5, 0.6) is 5.75 Å². The third kappa shape index (κ3) is 5.80. The Labute approximate surface area is 138 Å². The number of esters is 1. The molecule has 0 heterocycles. The number of amides is 3. The molecule has 7 nitrogen and oxygen atoms in total. The maximum atomic E-state index is 11.6. The summed E-state index contributed by atoms with van der Waals surface area (Å²) >= 11 is 0. The van der Waals surface area contributed by atoms with E-state index in [1.54, 1.807) is 42.5 Å². The Bertz CT molecular complexity index is 714. The van der Waals surface area contributed by atoms with Crippen LogP contribution in [0.2, 0.25) is 0 Å². The van der Waals surface area contributed by atoms with Crippen molar-refractivity contribution in [2.45, 2.75) is 6.42 Å². The average Bonchev–Trinajstić information content (AvgIpc) is 2.56. The van der Waals surface area contributed by atoms with E-state index >= 15 is 0 Å². The number of carbonyl (C=O) groups excluding carboxylic acids is 3. The largest absolute Gasteiger partial charge is 0.508 e. The molecule has 3 amide bonds. The van der Waals surface area contributed by atoms with Crippen LogP contribution in [-0.2, 0) is 20.7 Å². The van der Waals surface area contributed by atoms with Crippen LogP contribution in [0, 0.1) is 0 Å². The lowest BCUT2D eigenvalue weighted by Gasteiger charge is -2.07. The number of urea groups is 1. The number of phenolic OH excluding ortho intramolecular Hbond substituents is 1. The normalized spacial score (nSPS) is 9.83. The Morgan fingerprint density at radius 3 is 2.29 bits per heavy atom. The predicted octanol–water partition coefficient (Wildman–Crippen LogP) is 1.83. The molecule has 0 radical (unpaired) electrons. The lowest BCUT2D eigenvalue weighted by atomic mass is 10.1. The van der Waals surface area contributed by atoms with E-state index < -0.39 is 24.5 Å². The van der Waals surface area contributed by atoms with Gasteiger partial charge in [-0.05, 0) is 29.8 Å². The van der Waals surface area contributed by atoms with Crippen molar-refractivity contribution in [3.63, 3.8) is 0 Å². The van der Waals surface area contributed by atoms with Gasteiger partial charge in [0, 0.05) is 5.69 Å². The molecule has 0 unspecified atom stereocenters. The highest BCUT2D eigenvalue weighted by atomic mass is 16.5. The van der Waals surface area contributed by atoms with Gasteiger partial charge in [0.2, 0.25) is 0 Å². The van der Waals surface area contributed by atoms with Gasteiger partial charge in [0.15, 0.2) is 6.61 Å². The van der Waals surface area contributed by atoms with Gasteiger partial charge in [0.05, 0.1) is 6.42 Å². The van der Waals surface area contributed by atoms with E-state index in [1.165, 1.54) is 12.1 Å². The van der Waals surface area contributed by atoms with E-state index in [4.69, 9.17) is 9.84 Å². The van der Waals surface area contributed by atoms with Gasteiger partial charge in [-0.1, -0.05) is 30.3 Å². The highest BCUT2D eigenvalue weighted by molar-refractivity contribution is 6.01. The van der Waals surface area contributed by atoms with Gasteiger partial charge in [0.1, 0.15) is 5.75 Å². The molecular formula is C17H16N2O5. The molecule has 0 saturated heterocycles. The second-order valence-corrected chi connectivity index (χ2v) is 4.87. The zero-order valence-corrected chi connectivity index (χ0v) is 12.7. The molecule has 0 aliphatic rings. The maximum absolute atomic E-state index is 11.6. The molecule has 7 heteroatoms. The van der Waals surface area contributed by atoms with Crippen molar-refractivity contribution in [1.29, 1.82) is 0 Å². The van der Waals surface area contributed by atoms with E-state index in [-0.39, 0.29) is 12.2 Å². The molecule has 0 atom stereocenters. The van der Waals surface area contributed by atoms with E-state index in [0.29, 0.717) is 11.3 Å². The molecular weight excluding hydrogens is 312 g/mol. The van der Waals surface area contributed by atoms with Crippen LogP contribution >= 0.6 is 0 Å². The molecule has 0 aromatic heterocycles. The molecule has 0 bridgehead atoms. The molecule has 3 N–H and O–H groups in total. The number of benzene rings is 2. The monoisotopic (exact) mass is 328 g/mol. The Morgan fingerprint density at radius 2 is 1.62 bits per heavy atom. The summed E-state index contributed by atoms with van der Waals surface area (Å²) in [5.74, 6) is -1.25. The van der Waals surface area contributed by atoms with Crippen molar-refractivity contribution >= 4 is 23.6 Å².